The highest BCUT2D eigenvalue weighted by Gasteiger charge is 2.14. The number of hydrazone groups is 1. The highest BCUT2D eigenvalue weighted by molar-refractivity contribution is 9.10. The number of carbonyl (C=O) groups excluding carboxylic acids is 3. The molecule has 0 saturated carbocycles. The minimum atomic E-state index is -1.05. The third-order valence-electron chi connectivity index (χ3n) is 4.09. The van der Waals surface area contributed by atoms with Crippen LogP contribution in [0.2, 0.25) is 0 Å². The largest absolute Gasteiger partial charge is 0.484 e. The summed E-state index contributed by atoms with van der Waals surface area (Å²) >= 11 is 3.32. The molecule has 0 aliphatic rings. The third kappa shape index (κ3) is 7.54. The van der Waals surface area contributed by atoms with Gasteiger partial charge in [0.15, 0.2) is 6.61 Å². The average Bonchev–Trinajstić information content (AvgIpc) is 2.81. The molecule has 3 rings (SSSR count). The second-order valence-corrected chi connectivity index (χ2v) is 7.46. The van der Waals surface area contributed by atoms with Gasteiger partial charge in [-0.25, -0.2) is 9.82 Å². The Kier molecular flexibility index (Phi) is 8.25. The van der Waals surface area contributed by atoms with Gasteiger partial charge in [0.1, 0.15) is 11.6 Å². The number of para-hydroxylation sites is 1. The van der Waals surface area contributed by atoms with Gasteiger partial charge >= 0.3 is 11.8 Å². The van der Waals surface area contributed by atoms with Crippen molar-refractivity contribution in [1.29, 1.82) is 0 Å². The summed E-state index contributed by atoms with van der Waals surface area (Å²) in [6.45, 7) is -0.170. The fourth-order valence-corrected chi connectivity index (χ4v) is 2.75. The zero-order valence-electron chi connectivity index (χ0n) is 17.0. The molecule has 0 aliphatic carbocycles. The van der Waals surface area contributed by atoms with E-state index in [-0.39, 0.29) is 18.2 Å². The van der Waals surface area contributed by atoms with Gasteiger partial charge in [0.05, 0.1) is 11.9 Å². The van der Waals surface area contributed by atoms with Crippen LogP contribution in [-0.2, 0) is 14.4 Å². The first-order valence-corrected chi connectivity index (χ1v) is 10.4. The number of hydrogen-bond donors (Lipinski definition) is 3. The van der Waals surface area contributed by atoms with Crippen LogP contribution >= 0.6 is 15.9 Å². The molecule has 3 aromatic carbocycles. The molecule has 168 valence electrons. The first-order valence-electron chi connectivity index (χ1n) is 9.58. The molecule has 0 aliphatic heterocycles. The zero-order chi connectivity index (χ0) is 23.6. The van der Waals surface area contributed by atoms with Crippen LogP contribution in [0.3, 0.4) is 0 Å². The molecule has 0 unspecified atom stereocenters. The summed E-state index contributed by atoms with van der Waals surface area (Å²) in [5.41, 5.74) is 3.22. The topological polar surface area (TPSA) is 109 Å². The highest BCUT2D eigenvalue weighted by atomic mass is 79.9. The number of nitrogens with one attached hydrogen (secondary N) is 3. The Hall–Kier alpha value is -4.05. The lowest BCUT2D eigenvalue weighted by Gasteiger charge is -2.08. The predicted octanol–water partition coefficient (Wildman–Crippen LogP) is 3.69. The Labute approximate surface area is 197 Å². The summed E-state index contributed by atoms with van der Waals surface area (Å²) < 4.78 is 19.9. The lowest BCUT2D eigenvalue weighted by atomic mass is 10.2. The molecule has 0 heterocycles. The van der Waals surface area contributed by atoms with E-state index in [9.17, 15) is 18.8 Å². The van der Waals surface area contributed by atoms with Gasteiger partial charge in [-0.05, 0) is 66.2 Å². The van der Waals surface area contributed by atoms with Crippen LogP contribution in [0, 0.1) is 5.82 Å². The van der Waals surface area contributed by atoms with Crippen LogP contribution in [-0.4, -0.2) is 30.5 Å². The van der Waals surface area contributed by atoms with Gasteiger partial charge in [0, 0.05) is 10.2 Å². The maximum absolute atomic E-state index is 13.5. The smallest absolute Gasteiger partial charge is 0.329 e. The minimum Gasteiger partial charge on any atom is -0.484 e. The quantitative estimate of drug-likeness (QED) is 0.254. The highest BCUT2D eigenvalue weighted by Crippen LogP contribution is 2.15. The molecule has 10 heteroatoms. The van der Waals surface area contributed by atoms with Gasteiger partial charge in [0.25, 0.3) is 5.91 Å². The third-order valence-corrected chi connectivity index (χ3v) is 4.61. The van der Waals surface area contributed by atoms with Crippen LogP contribution in [0.1, 0.15) is 5.56 Å². The number of rotatable bonds is 7. The number of anilines is 2. The van der Waals surface area contributed by atoms with Crippen LogP contribution in [0.4, 0.5) is 15.8 Å². The molecule has 0 atom stereocenters. The van der Waals surface area contributed by atoms with Crippen LogP contribution in [0.15, 0.2) is 82.4 Å². The van der Waals surface area contributed by atoms with Crippen molar-refractivity contribution < 1.29 is 23.5 Å². The number of amides is 3. The molecule has 3 N–H and O–H groups in total. The summed E-state index contributed by atoms with van der Waals surface area (Å²) in [5, 5.41) is 8.57. The van der Waals surface area contributed by atoms with Crippen molar-refractivity contribution in [3.63, 3.8) is 0 Å². The van der Waals surface area contributed by atoms with E-state index in [2.05, 4.69) is 37.1 Å². The van der Waals surface area contributed by atoms with E-state index in [1.54, 1.807) is 36.4 Å². The molecule has 3 aromatic rings. The van der Waals surface area contributed by atoms with E-state index in [4.69, 9.17) is 4.74 Å². The van der Waals surface area contributed by atoms with Crippen LogP contribution in [0.5, 0.6) is 5.75 Å². The monoisotopic (exact) mass is 512 g/mol. The second-order valence-electron chi connectivity index (χ2n) is 6.55. The predicted molar refractivity (Wildman–Crippen MR) is 125 cm³/mol. The van der Waals surface area contributed by atoms with Gasteiger partial charge in [-0.2, -0.15) is 5.10 Å². The molecule has 0 saturated heterocycles. The van der Waals surface area contributed by atoms with Crippen molar-refractivity contribution >= 4 is 51.2 Å². The molecule has 8 nitrogen and oxygen atoms in total. The van der Waals surface area contributed by atoms with E-state index < -0.39 is 17.6 Å². The van der Waals surface area contributed by atoms with E-state index >= 15 is 0 Å². The van der Waals surface area contributed by atoms with Gasteiger partial charge in [0.2, 0.25) is 0 Å². The van der Waals surface area contributed by atoms with E-state index in [1.165, 1.54) is 24.4 Å². The van der Waals surface area contributed by atoms with Gasteiger partial charge < -0.3 is 15.4 Å². The van der Waals surface area contributed by atoms with Crippen LogP contribution < -0.4 is 20.8 Å². The maximum Gasteiger partial charge on any atom is 0.329 e. The Morgan fingerprint density at radius 1 is 0.909 bits per heavy atom. The molecule has 0 spiro atoms. The standard InChI is InChI=1S/C23H18BrFN4O4/c24-16-7-9-17(10-8-16)27-21(30)14-33-18-11-5-15(6-12-18)13-26-29-23(32)22(31)28-20-4-2-1-3-19(20)25/h1-13H,14H2,(H,27,30)(H,28,31)(H,29,32)/b26-13-. The van der Waals surface area contributed by atoms with Gasteiger partial charge in [-0.3, -0.25) is 14.4 Å². The number of nitrogens with zero attached hydrogens (tertiary/aromatic N) is 1. The lowest BCUT2D eigenvalue weighted by molar-refractivity contribution is -0.136. The molecule has 0 aromatic heterocycles. The molecule has 0 bridgehead atoms. The van der Waals surface area contributed by atoms with Crippen molar-refractivity contribution in [3.8, 4) is 5.75 Å². The minimum absolute atomic E-state index is 0.109. The molecule has 33 heavy (non-hydrogen) atoms. The average molecular weight is 513 g/mol. The summed E-state index contributed by atoms with van der Waals surface area (Å²) in [5.74, 6) is -2.60. The molecular formula is C23H18BrFN4O4. The van der Waals surface area contributed by atoms with Crippen molar-refractivity contribution in [2.24, 2.45) is 5.10 Å². The number of carbonyl (C=O) groups is 3. The Bertz CT molecular complexity index is 1170. The Morgan fingerprint density at radius 2 is 1.61 bits per heavy atom. The number of ether oxygens (including phenoxy) is 1. The van der Waals surface area contributed by atoms with Crippen LogP contribution in [0.25, 0.3) is 0 Å². The van der Waals surface area contributed by atoms with E-state index in [0.717, 1.165) is 10.5 Å². The first kappa shape index (κ1) is 23.6. The van der Waals surface area contributed by atoms with Gasteiger partial charge in [-0.1, -0.05) is 28.1 Å². The Morgan fingerprint density at radius 3 is 2.30 bits per heavy atom. The van der Waals surface area contributed by atoms with Crippen molar-refractivity contribution in [2.75, 3.05) is 17.2 Å². The SMILES string of the molecule is O=C(COc1ccc(/C=N\NC(=O)C(=O)Nc2ccccc2F)cc1)Nc1ccc(Br)cc1. The fraction of sp³-hybridized carbons (Fsp3) is 0.0435. The second kappa shape index (κ2) is 11.5. The van der Waals surface area contributed by atoms with Crippen molar-refractivity contribution in [2.45, 2.75) is 0 Å². The number of hydrogen-bond acceptors (Lipinski definition) is 5. The van der Waals surface area contributed by atoms with Crippen molar-refractivity contribution in [3.05, 3.63) is 88.6 Å². The molecule has 0 radical (unpaired) electrons. The first-order chi connectivity index (χ1) is 15.9. The zero-order valence-corrected chi connectivity index (χ0v) is 18.6. The summed E-state index contributed by atoms with van der Waals surface area (Å²) in [6.07, 6.45) is 1.32. The molecule has 3 amide bonds. The Balaban J connectivity index is 1.43. The van der Waals surface area contributed by atoms with Crippen molar-refractivity contribution in [1.82, 2.24) is 5.43 Å². The lowest BCUT2D eigenvalue weighted by Crippen LogP contribution is -2.32. The van der Waals surface area contributed by atoms with Gasteiger partial charge in [-0.15, -0.1) is 0 Å². The normalized spacial score (nSPS) is 10.5. The summed E-state index contributed by atoms with van der Waals surface area (Å²) in [7, 11) is 0. The van der Waals surface area contributed by atoms with E-state index in [1.807, 2.05) is 12.1 Å². The molecular weight excluding hydrogens is 495 g/mol. The summed E-state index contributed by atoms with van der Waals surface area (Å²) in [6, 6.07) is 19.2. The summed E-state index contributed by atoms with van der Waals surface area (Å²) in [4.78, 5) is 35.5. The fourth-order valence-electron chi connectivity index (χ4n) is 2.49. The van der Waals surface area contributed by atoms with E-state index in [0.29, 0.717) is 17.0 Å². The maximum atomic E-state index is 13.5. The molecule has 0 fully saturated rings. The number of benzene rings is 3. The number of halogens is 2.